The van der Waals surface area contributed by atoms with Gasteiger partial charge < -0.3 is 4.90 Å². The van der Waals surface area contributed by atoms with E-state index in [-0.39, 0.29) is 24.2 Å². The first-order chi connectivity index (χ1) is 8.13. The Balaban J connectivity index is 2.40. The highest BCUT2D eigenvalue weighted by atomic mass is 19.1. The van der Waals surface area contributed by atoms with Crippen LogP contribution in [0.15, 0.2) is 18.2 Å². The molecule has 0 spiro atoms. The van der Waals surface area contributed by atoms with Crippen molar-refractivity contribution in [1.82, 2.24) is 0 Å². The summed E-state index contributed by atoms with van der Waals surface area (Å²) in [7, 11) is 0. The van der Waals surface area contributed by atoms with E-state index in [1.165, 1.54) is 12.1 Å². The predicted octanol–water partition coefficient (Wildman–Crippen LogP) is 2.41. The maximum absolute atomic E-state index is 13.1. The number of amides is 1. The summed E-state index contributed by atoms with van der Waals surface area (Å²) in [5.41, 5.74) is 1.58. The molecule has 0 saturated carbocycles. The Kier molecular flexibility index (Phi) is 3.10. The Labute approximate surface area is 99.5 Å². The average molecular weight is 232 g/mol. The summed E-state index contributed by atoms with van der Waals surface area (Å²) in [5.74, 6) is -0.501. The number of halogens is 1. The number of benzene rings is 1. The van der Waals surface area contributed by atoms with Gasteiger partial charge in [0.1, 0.15) is 12.2 Å². The lowest BCUT2D eigenvalue weighted by Gasteiger charge is -2.34. The lowest BCUT2D eigenvalue weighted by molar-refractivity contribution is -0.118. The monoisotopic (exact) mass is 232 g/mol. The number of fused-ring (bicyclic) bond motifs is 1. The van der Waals surface area contributed by atoms with Crippen LogP contribution in [-0.2, 0) is 11.2 Å². The van der Waals surface area contributed by atoms with Crippen LogP contribution < -0.4 is 4.90 Å². The molecule has 88 valence electrons. The van der Waals surface area contributed by atoms with Crippen LogP contribution in [0.5, 0.6) is 0 Å². The highest BCUT2D eigenvalue weighted by Crippen LogP contribution is 2.31. The fourth-order valence-electron chi connectivity index (χ4n) is 2.25. The van der Waals surface area contributed by atoms with Crippen molar-refractivity contribution < 1.29 is 9.18 Å². The summed E-state index contributed by atoms with van der Waals surface area (Å²) < 4.78 is 13.1. The van der Waals surface area contributed by atoms with E-state index in [0.29, 0.717) is 0 Å². The van der Waals surface area contributed by atoms with Crippen molar-refractivity contribution in [3.8, 4) is 6.07 Å². The maximum atomic E-state index is 13.1. The third-order valence-corrected chi connectivity index (χ3v) is 3.07. The molecular formula is C13H13FN2O. The van der Waals surface area contributed by atoms with E-state index in [9.17, 15) is 9.18 Å². The summed E-state index contributed by atoms with van der Waals surface area (Å²) in [6.07, 6.45) is 1.43. The van der Waals surface area contributed by atoms with Crippen LogP contribution in [0.2, 0.25) is 0 Å². The molecule has 1 unspecified atom stereocenters. The zero-order valence-electron chi connectivity index (χ0n) is 9.61. The number of carbonyl (C=O) groups is 1. The van der Waals surface area contributed by atoms with Crippen molar-refractivity contribution in [3.63, 3.8) is 0 Å². The first-order valence-electron chi connectivity index (χ1n) is 5.61. The fourth-order valence-corrected chi connectivity index (χ4v) is 2.25. The van der Waals surface area contributed by atoms with Crippen molar-refractivity contribution in [2.75, 3.05) is 4.90 Å². The molecule has 0 radical (unpaired) electrons. The van der Waals surface area contributed by atoms with Gasteiger partial charge in [0.05, 0.1) is 6.07 Å². The number of hydrogen-bond donors (Lipinski definition) is 0. The van der Waals surface area contributed by atoms with Crippen molar-refractivity contribution >= 4 is 11.6 Å². The third kappa shape index (κ3) is 2.14. The van der Waals surface area contributed by atoms with Crippen LogP contribution in [0.25, 0.3) is 0 Å². The Bertz CT molecular complexity index is 493. The summed E-state index contributed by atoms with van der Waals surface area (Å²) in [4.78, 5) is 13.5. The van der Waals surface area contributed by atoms with Crippen LogP contribution in [0, 0.1) is 17.1 Å². The van der Waals surface area contributed by atoms with Gasteiger partial charge >= 0.3 is 0 Å². The highest BCUT2D eigenvalue weighted by molar-refractivity contribution is 5.96. The number of rotatable bonds is 1. The van der Waals surface area contributed by atoms with Crippen LogP contribution in [0.1, 0.15) is 25.3 Å². The van der Waals surface area contributed by atoms with Crippen molar-refractivity contribution in [3.05, 3.63) is 29.6 Å². The Morgan fingerprint density at radius 2 is 2.41 bits per heavy atom. The molecule has 1 atom stereocenters. The molecule has 2 rings (SSSR count). The zero-order valence-corrected chi connectivity index (χ0v) is 9.61. The van der Waals surface area contributed by atoms with Crippen LogP contribution >= 0.6 is 0 Å². The molecule has 1 aromatic carbocycles. The molecule has 0 aliphatic carbocycles. The molecule has 1 amide bonds. The Hall–Kier alpha value is -1.89. The number of carbonyl (C=O) groups excluding carboxylic acids is 1. The van der Waals surface area contributed by atoms with Crippen LogP contribution in [0.4, 0.5) is 10.1 Å². The van der Waals surface area contributed by atoms with Crippen LogP contribution in [0.3, 0.4) is 0 Å². The van der Waals surface area contributed by atoms with E-state index >= 15 is 0 Å². The second-order valence-corrected chi connectivity index (χ2v) is 4.26. The molecular weight excluding hydrogens is 219 g/mol. The van der Waals surface area contributed by atoms with E-state index in [1.54, 1.807) is 11.0 Å². The standard InChI is InChI=1S/C13H13FN2O/c1-9-2-3-10-8-11(14)4-5-12(10)16(9)13(17)6-7-15/h4-5,8-9H,2-3,6H2,1H3. The Morgan fingerprint density at radius 1 is 1.65 bits per heavy atom. The van der Waals surface area contributed by atoms with Crippen molar-refractivity contribution in [2.45, 2.75) is 32.2 Å². The molecule has 1 aromatic rings. The first-order valence-corrected chi connectivity index (χ1v) is 5.61. The largest absolute Gasteiger partial charge is 0.308 e. The molecule has 0 aromatic heterocycles. The minimum Gasteiger partial charge on any atom is -0.308 e. The molecule has 0 N–H and O–H groups in total. The Morgan fingerprint density at radius 3 is 3.12 bits per heavy atom. The lowest BCUT2D eigenvalue weighted by Crippen LogP contribution is -2.41. The van der Waals surface area contributed by atoms with Gasteiger partial charge in [-0.2, -0.15) is 5.26 Å². The lowest BCUT2D eigenvalue weighted by atomic mass is 9.96. The third-order valence-electron chi connectivity index (χ3n) is 3.07. The smallest absolute Gasteiger partial charge is 0.241 e. The van der Waals surface area contributed by atoms with Gasteiger partial charge in [0.25, 0.3) is 0 Å². The van der Waals surface area contributed by atoms with Crippen molar-refractivity contribution in [2.24, 2.45) is 0 Å². The number of aryl methyl sites for hydroxylation is 1. The molecule has 4 heteroatoms. The van der Waals surface area contributed by atoms with E-state index in [1.807, 2.05) is 13.0 Å². The fraction of sp³-hybridized carbons (Fsp3) is 0.385. The highest BCUT2D eigenvalue weighted by Gasteiger charge is 2.27. The van der Waals surface area contributed by atoms with E-state index in [4.69, 9.17) is 5.26 Å². The molecule has 1 aliphatic heterocycles. The van der Waals surface area contributed by atoms with Gasteiger partial charge in [0.2, 0.25) is 5.91 Å². The van der Waals surface area contributed by atoms with Gasteiger partial charge in [0.15, 0.2) is 0 Å². The summed E-state index contributed by atoms with van der Waals surface area (Å²) in [5, 5.41) is 8.59. The predicted molar refractivity (Wildman–Crippen MR) is 61.9 cm³/mol. The maximum Gasteiger partial charge on any atom is 0.241 e. The summed E-state index contributed by atoms with van der Waals surface area (Å²) >= 11 is 0. The summed E-state index contributed by atoms with van der Waals surface area (Å²) in [6, 6.07) is 6.36. The number of anilines is 1. The number of nitriles is 1. The minimum absolute atomic E-state index is 0.0637. The molecule has 17 heavy (non-hydrogen) atoms. The minimum atomic E-state index is -0.286. The SMILES string of the molecule is CC1CCc2cc(F)ccc2N1C(=O)CC#N. The molecule has 0 saturated heterocycles. The molecule has 1 aliphatic rings. The van der Waals surface area contributed by atoms with E-state index < -0.39 is 0 Å². The molecule has 0 bridgehead atoms. The van der Waals surface area contributed by atoms with Gasteiger partial charge in [-0.3, -0.25) is 4.79 Å². The van der Waals surface area contributed by atoms with Gasteiger partial charge in [-0.15, -0.1) is 0 Å². The molecule has 0 fully saturated rings. The summed E-state index contributed by atoms with van der Waals surface area (Å²) in [6.45, 7) is 1.95. The second-order valence-electron chi connectivity index (χ2n) is 4.26. The van der Waals surface area contributed by atoms with E-state index in [0.717, 1.165) is 24.1 Å². The zero-order chi connectivity index (χ0) is 12.4. The average Bonchev–Trinajstić information content (AvgIpc) is 2.29. The van der Waals surface area contributed by atoms with E-state index in [2.05, 4.69) is 0 Å². The van der Waals surface area contributed by atoms with Crippen LogP contribution in [-0.4, -0.2) is 11.9 Å². The van der Waals surface area contributed by atoms with Crippen molar-refractivity contribution in [1.29, 1.82) is 5.26 Å². The topological polar surface area (TPSA) is 44.1 Å². The molecule has 1 heterocycles. The number of hydrogen-bond acceptors (Lipinski definition) is 2. The van der Waals surface area contributed by atoms with Gasteiger partial charge in [-0.1, -0.05) is 0 Å². The first kappa shape index (κ1) is 11.6. The second kappa shape index (κ2) is 4.54. The number of nitrogens with zero attached hydrogens (tertiary/aromatic N) is 2. The van der Waals surface area contributed by atoms with Gasteiger partial charge in [-0.05, 0) is 43.5 Å². The van der Waals surface area contributed by atoms with Gasteiger partial charge in [0, 0.05) is 11.7 Å². The van der Waals surface area contributed by atoms with Gasteiger partial charge in [-0.25, -0.2) is 4.39 Å². The quantitative estimate of drug-likeness (QED) is 0.746. The molecule has 3 nitrogen and oxygen atoms in total. The normalized spacial score (nSPS) is 18.4.